The lowest BCUT2D eigenvalue weighted by Gasteiger charge is -2.00. The maximum Gasteiger partial charge on any atom is 0.226 e. The molecule has 1 aromatic heterocycles. The number of unbranched alkanes of at least 4 members (excludes halogenated alkanes) is 2. The van der Waals surface area contributed by atoms with Crippen LogP contribution in [-0.4, -0.2) is 16.1 Å². The zero-order chi connectivity index (χ0) is 15.8. The monoisotopic (exact) mass is 335 g/mol. The van der Waals surface area contributed by atoms with Crippen LogP contribution < -0.4 is 5.32 Å². The summed E-state index contributed by atoms with van der Waals surface area (Å²) in [5.41, 5.74) is 2.53. The van der Waals surface area contributed by atoms with E-state index in [1.54, 1.807) is 11.8 Å². The van der Waals surface area contributed by atoms with Crippen LogP contribution in [-0.2, 0) is 10.5 Å². The van der Waals surface area contributed by atoms with E-state index < -0.39 is 0 Å². The first-order valence-corrected chi connectivity index (χ1v) is 9.29. The molecule has 2 rings (SSSR count). The van der Waals surface area contributed by atoms with Crippen molar-refractivity contribution in [2.24, 2.45) is 0 Å². The highest BCUT2D eigenvalue weighted by atomic mass is 32.2. The first-order chi connectivity index (χ1) is 10.7. The molecule has 0 fully saturated rings. The number of thioether (sulfide) groups is 1. The van der Waals surface area contributed by atoms with Crippen molar-refractivity contribution in [1.29, 1.82) is 0 Å². The Balaban J connectivity index is 1.80. The van der Waals surface area contributed by atoms with Gasteiger partial charge in [-0.1, -0.05) is 72.7 Å². The number of rotatable bonds is 8. The molecular formula is C16H21N3OS2. The van der Waals surface area contributed by atoms with E-state index in [0.29, 0.717) is 11.6 Å². The van der Waals surface area contributed by atoms with Gasteiger partial charge in [-0.2, -0.15) is 0 Å². The fourth-order valence-electron chi connectivity index (χ4n) is 1.98. The Morgan fingerprint density at radius 2 is 2.18 bits per heavy atom. The average Bonchev–Trinajstić information content (AvgIpc) is 2.93. The van der Waals surface area contributed by atoms with Crippen LogP contribution >= 0.6 is 23.1 Å². The Morgan fingerprint density at radius 1 is 1.32 bits per heavy atom. The van der Waals surface area contributed by atoms with Crippen molar-refractivity contribution in [2.45, 2.75) is 49.6 Å². The molecule has 0 aliphatic heterocycles. The van der Waals surface area contributed by atoms with Crippen molar-refractivity contribution >= 4 is 34.1 Å². The lowest BCUT2D eigenvalue weighted by Crippen LogP contribution is -2.10. The molecule has 6 heteroatoms. The van der Waals surface area contributed by atoms with E-state index in [-0.39, 0.29) is 5.91 Å². The summed E-state index contributed by atoms with van der Waals surface area (Å²) in [6.07, 6.45) is 3.68. The molecule has 0 atom stereocenters. The zero-order valence-electron chi connectivity index (χ0n) is 13.0. The molecule has 22 heavy (non-hydrogen) atoms. The van der Waals surface area contributed by atoms with Crippen molar-refractivity contribution in [3.8, 4) is 0 Å². The van der Waals surface area contributed by atoms with Crippen LogP contribution in [0.2, 0.25) is 0 Å². The lowest BCUT2D eigenvalue weighted by atomic mass is 10.2. The minimum atomic E-state index is 0.0276. The molecule has 0 saturated heterocycles. The van der Waals surface area contributed by atoms with Gasteiger partial charge in [-0.25, -0.2) is 0 Å². The summed E-state index contributed by atoms with van der Waals surface area (Å²) >= 11 is 3.08. The van der Waals surface area contributed by atoms with Gasteiger partial charge in [0.05, 0.1) is 0 Å². The molecule has 1 aromatic carbocycles. The minimum Gasteiger partial charge on any atom is -0.301 e. The van der Waals surface area contributed by atoms with Gasteiger partial charge in [-0.15, -0.1) is 10.2 Å². The van der Waals surface area contributed by atoms with E-state index >= 15 is 0 Å². The highest BCUT2D eigenvalue weighted by molar-refractivity contribution is 8.00. The van der Waals surface area contributed by atoms with Crippen molar-refractivity contribution < 1.29 is 4.79 Å². The van der Waals surface area contributed by atoms with Crippen LogP contribution in [0.25, 0.3) is 0 Å². The summed E-state index contributed by atoms with van der Waals surface area (Å²) in [6.45, 7) is 4.21. The normalized spacial score (nSPS) is 10.6. The molecule has 4 nitrogen and oxygen atoms in total. The predicted molar refractivity (Wildman–Crippen MR) is 93.4 cm³/mol. The van der Waals surface area contributed by atoms with Gasteiger partial charge < -0.3 is 5.32 Å². The third-order valence-corrected chi connectivity index (χ3v) is 5.15. The Hall–Kier alpha value is -1.40. The second-order valence-corrected chi connectivity index (χ2v) is 7.36. The third kappa shape index (κ3) is 5.77. The van der Waals surface area contributed by atoms with Crippen LogP contribution in [0.3, 0.4) is 0 Å². The second-order valence-electron chi connectivity index (χ2n) is 5.16. The molecule has 2 aromatic rings. The first kappa shape index (κ1) is 17.0. The predicted octanol–water partition coefficient (Wildman–Crippen LogP) is 4.66. The molecular weight excluding hydrogens is 314 g/mol. The van der Waals surface area contributed by atoms with E-state index in [4.69, 9.17) is 0 Å². The molecule has 1 heterocycles. The zero-order valence-corrected chi connectivity index (χ0v) is 14.6. The number of nitrogens with one attached hydrogen (secondary N) is 1. The van der Waals surface area contributed by atoms with Crippen LogP contribution in [0.5, 0.6) is 0 Å². The van der Waals surface area contributed by atoms with Gasteiger partial charge in [0, 0.05) is 12.2 Å². The summed E-state index contributed by atoms with van der Waals surface area (Å²) in [7, 11) is 0. The van der Waals surface area contributed by atoms with Gasteiger partial charge in [-0.05, 0) is 18.9 Å². The standard InChI is InChI=1S/C16H21N3OS2/c1-3-4-5-9-14(20)17-15-18-19-16(22-15)21-11-13-8-6-7-12(2)10-13/h6-8,10H,3-5,9,11H2,1-2H3,(H,17,18,20). The second kappa shape index (κ2) is 8.90. The van der Waals surface area contributed by atoms with Crippen LogP contribution in [0, 0.1) is 6.92 Å². The number of benzene rings is 1. The summed E-state index contributed by atoms with van der Waals surface area (Å²) in [4.78, 5) is 11.7. The Labute approximate surface area is 139 Å². The van der Waals surface area contributed by atoms with E-state index in [9.17, 15) is 4.79 Å². The molecule has 1 N–H and O–H groups in total. The number of nitrogens with zero attached hydrogens (tertiary/aromatic N) is 2. The third-order valence-electron chi connectivity index (χ3n) is 3.10. The minimum absolute atomic E-state index is 0.0276. The summed E-state index contributed by atoms with van der Waals surface area (Å²) in [5.74, 6) is 0.889. The molecule has 0 unspecified atom stereocenters. The van der Waals surface area contributed by atoms with Crippen molar-refractivity contribution in [3.63, 3.8) is 0 Å². The number of carbonyl (C=O) groups is 1. The number of amides is 1. The Kier molecular flexibility index (Phi) is 6.86. The van der Waals surface area contributed by atoms with Gasteiger partial charge >= 0.3 is 0 Å². The Morgan fingerprint density at radius 3 is 2.95 bits per heavy atom. The van der Waals surface area contributed by atoms with Crippen LogP contribution in [0.15, 0.2) is 28.6 Å². The summed E-state index contributed by atoms with van der Waals surface area (Å²) < 4.78 is 0.880. The Bertz CT molecular complexity index is 613. The molecule has 118 valence electrons. The van der Waals surface area contributed by atoms with Crippen molar-refractivity contribution in [2.75, 3.05) is 5.32 Å². The molecule has 0 spiro atoms. The molecule has 0 saturated carbocycles. The van der Waals surface area contributed by atoms with Gasteiger partial charge in [0.25, 0.3) is 0 Å². The number of aryl methyl sites for hydroxylation is 1. The quantitative estimate of drug-likeness (QED) is 0.433. The van der Waals surface area contributed by atoms with E-state index in [2.05, 4.69) is 53.6 Å². The van der Waals surface area contributed by atoms with Crippen LogP contribution in [0.1, 0.15) is 43.7 Å². The van der Waals surface area contributed by atoms with Crippen molar-refractivity contribution in [3.05, 3.63) is 35.4 Å². The molecule has 0 bridgehead atoms. The summed E-state index contributed by atoms with van der Waals surface area (Å²) in [5, 5.41) is 11.6. The van der Waals surface area contributed by atoms with Gasteiger partial charge in [0.1, 0.15) is 0 Å². The van der Waals surface area contributed by atoms with Gasteiger partial charge in [0.15, 0.2) is 4.34 Å². The number of hydrogen-bond donors (Lipinski definition) is 1. The maximum atomic E-state index is 11.7. The average molecular weight is 335 g/mol. The molecule has 1 amide bonds. The molecule has 0 aliphatic rings. The summed E-state index contributed by atoms with van der Waals surface area (Å²) in [6, 6.07) is 8.43. The first-order valence-electron chi connectivity index (χ1n) is 7.49. The largest absolute Gasteiger partial charge is 0.301 e. The fraction of sp³-hybridized carbons (Fsp3) is 0.438. The van der Waals surface area contributed by atoms with E-state index in [0.717, 1.165) is 29.4 Å². The van der Waals surface area contributed by atoms with Gasteiger partial charge in [-0.3, -0.25) is 4.79 Å². The van der Waals surface area contributed by atoms with E-state index in [1.807, 2.05) is 0 Å². The highest BCUT2D eigenvalue weighted by Gasteiger charge is 2.08. The highest BCUT2D eigenvalue weighted by Crippen LogP contribution is 2.28. The fourth-order valence-corrected chi connectivity index (χ4v) is 3.69. The molecule has 0 radical (unpaired) electrons. The topological polar surface area (TPSA) is 54.9 Å². The van der Waals surface area contributed by atoms with Crippen molar-refractivity contribution in [1.82, 2.24) is 10.2 Å². The SMILES string of the molecule is CCCCCC(=O)Nc1nnc(SCc2cccc(C)c2)s1. The lowest BCUT2D eigenvalue weighted by molar-refractivity contribution is -0.116. The molecule has 0 aliphatic carbocycles. The smallest absolute Gasteiger partial charge is 0.226 e. The number of aromatic nitrogens is 2. The maximum absolute atomic E-state index is 11.7. The number of carbonyl (C=O) groups excluding carboxylic acids is 1. The van der Waals surface area contributed by atoms with Crippen LogP contribution in [0.4, 0.5) is 5.13 Å². The number of hydrogen-bond acceptors (Lipinski definition) is 5. The van der Waals surface area contributed by atoms with E-state index in [1.165, 1.54) is 22.5 Å². The van der Waals surface area contributed by atoms with Gasteiger partial charge in [0.2, 0.25) is 11.0 Å². The number of anilines is 1.